The van der Waals surface area contributed by atoms with Gasteiger partial charge in [0, 0.05) is 10.1 Å². The molecule has 2 aliphatic rings. The third-order valence-corrected chi connectivity index (χ3v) is 3.77. The van der Waals surface area contributed by atoms with Gasteiger partial charge in [-0.1, -0.05) is 22.0 Å². The smallest absolute Gasteiger partial charge is 0.316 e. The van der Waals surface area contributed by atoms with Gasteiger partial charge in [-0.25, -0.2) is 0 Å². The number of fused-ring (bicyclic) bond motifs is 1. The number of hydrogen-bond acceptors (Lipinski definition) is 3. The highest BCUT2D eigenvalue weighted by Gasteiger charge is 2.38. The molecule has 2 rings (SSSR count). The van der Waals surface area contributed by atoms with Crippen LogP contribution in [0.4, 0.5) is 0 Å². The van der Waals surface area contributed by atoms with Crippen molar-refractivity contribution in [3.63, 3.8) is 0 Å². The minimum atomic E-state index is -0.592. The summed E-state index contributed by atoms with van der Waals surface area (Å²) in [5, 5.41) is 0. The van der Waals surface area contributed by atoms with Crippen LogP contribution in [0, 0.1) is 11.8 Å². The molecule has 0 aromatic heterocycles. The Labute approximate surface area is 103 Å². The van der Waals surface area contributed by atoms with Gasteiger partial charge >= 0.3 is 5.97 Å². The van der Waals surface area contributed by atoms with Crippen molar-refractivity contribution < 1.29 is 14.3 Å². The summed E-state index contributed by atoms with van der Waals surface area (Å²) in [5.74, 6) is -0.774. The fourth-order valence-electron chi connectivity index (χ4n) is 2.32. The predicted molar refractivity (Wildman–Crippen MR) is 62.9 cm³/mol. The first-order valence-corrected chi connectivity index (χ1v) is 6.12. The largest absolute Gasteiger partial charge is 0.468 e. The van der Waals surface area contributed by atoms with E-state index in [-0.39, 0.29) is 11.7 Å². The molecule has 16 heavy (non-hydrogen) atoms. The minimum absolute atomic E-state index is 0.0619. The van der Waals surface area contributed by atoms with Gasteiger partial charge in [-0.05, 0) is 31.3 Å². The fraction of sp³-hybridized carbons (Fsp3) is 0.500. The summed E-state index contributed by atoms with van der Waals surface area (Å²) in [7, 11) is 1.33. The van der Waals surface area contributed by atoms with E-state index in [0.29, 0.717) is 6.42 Å². The Kier molecular flexibility index (Phi) is 3.28. The van der Waals surface area contributed by atoms with Gasteiger partial charge < -0.3 is 4.74 Å². The van der Waals surface area contributed by atoms with Crippen LogP contribution in [0.2, 0.25) is 0 Å². The minimum Gasteiger partial charge on any atom is -0.468 e. The van der Waals surface area contributed by atoms with E-state index in [1.165, 1.54) is 7.11 Å². The monoisotopic (exact) mass is 284 g/mol. The zero-order chi connectivity index (χ0) is 11.7. The maximum atomic E-state index is 12.1. The Bertz CT molecular complexity index is 395. The molecule has 0 spiro atoms. The molecule has 3 nitrogen and oxygen atoms in total. The Morgan fingerprint density at radius 1 is 1.50 bits per heavy atom. The molecule has 0 heterocycles. The molecule has 2 unspecified atom stereocenters. The normalized spacial score (nSPS) is 29.0. The second kappa shape index (κ2) is 4.53. The van der Waals surface area contributed by atoms with Crippen molar-refractivity contribution in [3.05, 3.63) is 22.2 Å². The maximum Gasteiger partial charge on any atom is 0.316 e. The molecule has 0 aromatic carbocycles. The molecule has 0 aromatic rings. The van der Waals surface area contributed by atoms with Crippen molar-refractivity contribution in [3.8, 4) is 0 Å². The molecule has 0 amide bonds. The SMILES string of the molecule is COC(=O)C1CCC2CC=C(Br)C=C2C1=O. The Morgan fingerprint density at radius 3 is 2.94 bits per heavy atom. The molecular weight excluding hydrogens is 272 g/mol. The topological polar surface area (TPSA) is 43.4 Å². The number of ether oxygens (including phenoxy) is 1. The van der Waals surface area contributed by atoms with E-state index in [4.69, 9.17) is 0 Å². The van der Waals surface area contributed by atoms with Gasteiger partial charge in [0.2, 0.25) is 0 Å². The van der Waals surface area contributed by atoms with Gasteiger partial charge in [-0.15, -0.1) is 0 Å². The number of methoxy groups -OCH3 is 1. The van der Waals surface area contributed by atoms with Crippen LogP contribution in [0.3, 0.4) is 0 Å². The number of allylic oxidation sites excluding steroid dienone is 4. The van der Waals surface area contributed by atoms with E-state index in [9.17, 15) is 9.59 Å². The Balaban J connectivity index is 2.24. The summed E-state index contributed by atoms with van der Waals surface area (Å²) >= 11 is 3.37. The van der Waals surface area contributed by atoms with Gasteiger partial charge in [-0.2, -0.15) is 0 Å². The highest BCUT2D eigenvalue weighted by molar-refractivity contribution is 9.11. The number of carbonyl (C=O) groups is 2. The Morgan fingerprint density at radius 2 is 2.25 bits per heavy atom. The van der Waals surface area contributed by atoms with Crippen LogP contribution in [-0.2, 0) is 14.3 Å². The van der Waals surface area contributed by atoms with Gasteiger partial charge in [0.1, 0.15) is 5.92 Å². The predicted octanol–water partition coefficient (Wildman–Crippen LogP) is 2.36. The van der Waals surface area contributed by atoms with Gasteiger partial charge in [0.15, 0.2) is 5.78 Å². The van der Waals surface area contributed by atoms with Gasteiger partial charge in [-0.3, -0.25) is 9.59 Å². The summed E-state index contributed by atoms with van der Waals surface area (Å²) in [6, 6.07) is 0. The highest BCUT2D eigenvalue weighted by atomic mass is 79.9. The van der Waals surface area contributed by atoms with E-state index in [1.54, 1.807) is 0 Å². The van der Waals surface area contributed by atoms with E-state index in [2.05, 4.69) is 26.7 Å². The summed E-state index contributed by atoms with van der Waals surface area (Å²) in [6.45, 7) is 0. The summed E-state index contributed by atoms with van der Waals surface area (Å²) in [5.41, 5.74) is 0.774. The average molecular weight is 285 g/mol. The van der Waals surface area contributed by atoms with Crippen molar-refractivity contribution >= 4 is 27.7 Å². The third kappa shape index (κ3) is 1.98. The van der Waals surface area contributed by atoms with Crippen LogP contribution in [0.25, 0.3) is 0 Å². The highest BCUT2D eigenvalue weighted by Crippen LogP contribution is 2.37. The molecule has 4 heteroatoms. The van der Waals surface area contributed by atoms with Crippen LogP contribution >= 0.6 is 15.9 Å². The van der Waals surface area contributed by atoms with Gasteiger partial charge in [0.05, 0.1) is 7.11 Å². The van der Waals surface area contributed by atoms with Crippen LogP contribution in [0.15, 0.2) is 22.2 Å². The number of halogens is 1. The molecule has 1 fully saturated rings. The first-order valence-electron chi connectivity index (χ1n) is 5.32. The lowest BCUT2D eigenvalue weighted by atomic mass is 9.74. The molecule has 1 saturated carbocycles. The number of carbonyl (C=O) groups excluding carboxylic acids is 2. The molecule has 0 radical (unpaired) electrons. The lowest BCUT2D eigenvalue weighted by molar-refractivity contribution is -0.149. The van der Waals surface area contributed by atoms with Crippen molar-refractivity contribution in [1.82, 2.24) is 0 Å². The van der Waals surface area contributed by atoms with E-state index in [0.717, 1.165) is 22.9 Å². The van der Waals surface area contributed by atoms with E-state index in [1.807, 2.05) is 6.08 Å². The Hall–Kier alpha value is -0.900. The summed E-state index contributed by atoms with van der Waals surface area (Å²) in [4.78, 5) is 23.5. The van der Waals surface area contributed by atoms with Crippen LogP contribution < -0.4 is 0 Å². The number of hydrogen-bond donors (Lipinski definition) is 0. The molecule has 0 aliphatic heterocycles. The summed E-state index contributed by atoms with van der Waals surface area (Å²) in [6.07, 6.45) is 6.28. The van der Waals surface area contributed by atoms with Crippen molar-refractivity contribution in [1.29, 1.82) is 0 Å². The lowest BCUT2D eigenvalue weighted by Crippen LogP contribution is -2.34. The molecule has 2 aliphatic carbocycles. The van der Waals surface area contributed by atoms with Crippen molar-refractivity contribution in [2.75, 3.05) is 7.11 Å². The molecule has 0 N–H and O–H groups in total. The zero-order valence-electron chi connectivity index (χ0n) is 9.03. The van der Waals surface area contributed by atoms with E-state index < -0.39 is 11.9 Å². The van der Waals surface area contributed by atoms with Crippen molar-refractivity contribution in [2.45, 2.75) is 19.3 Å². The standard InChI is InChI=1S/C12H13BrO3/c1-16-12(15)9-5-3-7-2-4-8(13)6-10(7)11(9)14/h4,6-7,9H,2-3,5H2,1H3. The second-order valence-electron chi connectivity index (χ2n) is 4.14. The fourth-order valence-corrected chi connectivity index (χ4v) is 2.75. The number of ketones is 1. The maximum absolute atomic E-state index is 12.1. The number of esters is 1. The molecule has 2 atom stereocenters. The van der Waals surface area contributed by atoms with Crippen LogP contribution in [0.5, 0.6) is 0 Å². The van der Waals surface area contributed by atoms with E-state index >= 15 is 0 Å². The number of Topliss-reactive ketones (excluding diaryl/α,β-unsaturated/α-hetero) is 1. The first kappa shape index (κ1) is 11.6. The first-order chi connectivity index (χ1) is 7.63. The lowest BCUT2D eigenvalue weighted by Gasteiger charge is -2.30. The van der Waals surface area contributed by atoms with Gasteiger partial charge in [0.25, 0.3) is 0 Å². The van der Waals surface area contributed by atoms with Crippen LogP contribution in [-0.4, -0.2) is 18.9 Å². The summed E-state index contributed by atoms with van der Waals surface area (Å²) < 4.78 is 5.58. The third-order valence-electron chi connectivity index (χ3n) is 3.22. The van der Waals surface area contributed by atoms with Crippen molar-refractivity contribution in [2.24, 2.45) is 11.8 Å². The zero-order valence-corrected chi connectivity index (χ0v) is 10.6. The second-order valence-corrected chi connectivity index (χ2v) is 5.05. The van der Waals surface area contributed by atoms with Crippen LogP contribution in [0.1, 0.15) is 19.3 Å². The quantitative estimate of drug-likeness (QED) is 0.548. The number of rotatable bonds is 1. The molecule has 0 bridgehead atoms. The average Bonchev–Trinajstić information content (AvgIpc) is 2.29. The molecule has 0 saturated heterocycles. The molecular formula is C12H13BrO3. The molecule has 86 valence electrons.